The molecule has 170 valence electrons. The molecule has 0 atom stereocenters. The van der Waals surface area contributed by atoms with Gasteiger partial charge in [0.1, 0.15) is 22.9 Å². The number of anilines is 1. The fourth-order valence-electron chi connectivity index (χ4n) is 3.42. The number of amides is 2. The lowest BCUT2D eigenvalue weighted by Crippen LogP contribution is -2.35. The number of hydrogen-bond acceptors (Lipinski definition) is 7. The lowest BCUT2D eigenvalue weighted by atomic mass is 10.0. The van der Waals surface area contributed by atoms with Gasteiger partial charge in [0.05, 0.1) is 51.8 Å². The van der Waals surface area contributed by atoms with Gasteiger partial charge in [-0.3, -0.25) is 14.5 Å². The normalized spacial score (nSPS) is 13.8. The van der Waals surface area contributed by atoms with Gasteiger partial charge in [0.25, 0.3) is 11.8 Å². The molecule has 0 fully saturated rings. The molecule has 0 saturated heterocycles. The Balaban J connectivity index is 2.07. The molecule has 0 spiro atoms. The molecule has 1 aliphatic heterocycles. The molecule has 0 saturated carbocycles. The van der Waals surface area contributed by atoms with Crippen LogP contribution in [0.1, 0.15) is 19.4 Å². The Morgan fingerprint density at radius 3 is 2.28 bits per heavy atom. The van der Waals surface area contributed by atoms with E-state index >= 15 is 0 Å². The van der Waals surface area contributed by atoms with Gasteiger partial charge in [-0.25, -0.2) is 0 Å². The molecule has 0 aliphatic carbocycles. The third-order valence-electron chi connectivity index (χ3n) is 4.98. The third-order valence-corrected chi connectivity index (χ3v) is 4.98. The highest BCUT2D eigenvalue weighted by atomic mass is 16.5. The Kier molecular flexibility index (Phi) is 7.37. The van der Waals surface area contributed by atoms with Crippen molar-refractivity contribution in [3.8, 4) is 17.2 Å². The standard InChI is InChI=1S/C24H28N2O6/c1-15(2)32-13-12-26-23(27)21(17-8-6-7-9-19(17)30-4)22(24(26)28)25-18-14-16(29-3)10-11-20(18)31-5/h6-11,14-15,25H,12-13H2,1-5H3. The van der Waals surface area contributed by atoms with Crippen LogP contribution >= 0.6 is 0 Å². The molecule has 2 amide bonds. The van der Waals surface area contributed by atoms with E-state index in [1.807, 2.05) is 13.8 Å². The first-order valence-corrected chi connectivity index (χ1v) is 10.3. The van der Waals surface area contributed by atoms with Gasteiger partial charge in [0.15, 0.2) is 0 Å². The van der Waals surface area contributed by atoms with E-state index in [1.54, 1.807) is 49.6 Å². The Labute approximate surface area is 187 Å². The fourth-order valence-corrected chi connectivity index (χ4v) is 3.42. The Morgan fingerprint density at radius 2 is 1.62 bits per heavy atom. The van der Waals surface area contributed by atoms with Crippen molar-refractivity contribution in [1.82, 2.24) is 4.90 Å². The van der Waals surface area contributed by atoms with E-state index in [9.17, 15) is 9.59 Å². The van der Waals surface area contributed by atoms with E-state index in [0.717, 1.165) is 0 Å². The number of nitrogens with zero attached hydrogens (tertiary/aromatic N) is 1. The number of carbonyl (C=O) groups excluding carboxylic acids is 2. The number of carbonyl (C=O) groups is 2. The summed E-state index contributed by atoms with van der Waals surface area (Å²) in [6, 6.07) is 12.3. The zero-order valence-electron chi connectivity index (χ0n) is 18.9. The molecule has 0 radical (unpaired) electrons. The molecule has 3 rings (SSSR count). The van der Waals surface area contributed by atoms with Crippen LogP contribution in [-0.2, 0) is 14.3 Å². The molecule has 1 aliphatic rings. The zero-order chi connectivity index (χ0) is 23.3. The van der Waals surface area contributed by atoms with E-state index in [2.05, 4.69) is 5.32 Å². The van der Waals surface area contributed by atoms with E-state index in [1.165, 1.54) is 19.1 Å². The minimum atomic E-state index is -0.451. The maximum absolute atomic E-state index is 13.4. The number of ether oxygens (including phenoxy) is 4. The first kappa shape index (κ1) is 23.1. The van der Waals surface area contributed by atoms with Crippen molar-refractivity contribution in [2.75, 3.05) is 39.8 Å². The summed E-state index contributed by atoms with van der Waals surface area (Å²) in [6.45, 7) is 4.17. The molecule has 0 unspecified atom stereocenters. The molecular weight excluding hydrogens is 412 g/mol. The van der Waals surface area contributed by atoms with Gasteiger partial charge in [-0.05, 0) is 32.0 Å². The van der Waals surface area contributed by atoms with E-state index < -0.39 is 11.8 Å². The Morgan fingerprint density at radius 1 is 0.906 bits per heavy atom. The number of methoxy groups -OCH3 is 3. The average molecular weight is 440 g/mol. The van der Waals surface area contributed by atoms with E-state index in [-0.39, 0.29) is 30.5 Å². The predicted molar refractivity (Wildman–Crippen MR) is 121 cm³/mol. The van der Waals surface area contributed by atoms with Crippen molar-refractivity contribution in [3.63, 3.8) is 0 Å². The topological polar surface area (TPSA) is 86.3 Å². The van der Waals surface area contributed by atoms with Crippen molar-refractivity contribution >= 4 is 23.1 Å². The van der Waals surface area contributed by atoms with E-state index in [0.29, 0.717) is 28.5 Å². The van der Waals surface area contributed by atoms with Gasteiger partial charge in [0, 0.05) is 11.6 Å². The van der Waals surface area contributed by atoms with Crippen LogP contribution in [0.15, 0.2) is 48.2 Å². The molecule has 0 aromatic heterocycles. The van der Waals surface area contributed by atoms with Crippen molar-refractivity contribution in [3.05, 3.63) is 53.7 Å². The lowest BCUT2D eigenvalue weighted by Gasteiger charge is -2.17. The second-order valence-corrected chi connectivity index (χ2v) is 7.32. The number of benzene rings is 2. The summed E-state index contributed by atoms with van der Waals surface area (Å²) in [5.41, 5.74) is 1.37. The highest BCUT2D eigenvalue weighted by Crippen LogP contribution is 2.37. The third kappa shape index (κ3) is 4.70. The first-order chi connectivity index (χ1) is 15.4. The van der Waals surface area contributed by atoms with Crippen LogP contribution in [0.2, 0.25) is 0 Å². The minimum Gasteiger partial charge on any atom is -0.497 e. The summed E-state index contributed by atoms with van der Waals surface area (Å²) >= 11 is 0. The highest BCUT2D eigenvalue weighted by Gasteiger charge is 2.40. The SMILES string of the molecule is COc1ccc(OC)c(NC2=C(c3ccccc3OC)C(=O)N(CCOC(C)C)C2=O)c1. The number of para-hydroxylation sites is 1. The number of nitrogens with one attached hydrogen (secondary N) is 1. The molecule has 0 bridgehead atoms. The summed E-state index contributed by atoms with van der Waals surface area (Å²) in [5, 5.41) is 3.11. The van der Waals surface area contributed by atoms with Gasteiger partial charge in [-0.2, -0.15) is 0 Å². The Bertz CT molecular complexity index is 1030. The van der Waals surface area contributed by atoms with Crippen LogP contribution in [0.3, 0.4) is 0 Å². The van der Waals surface area contributed by atoms with Crippen LogP contribution in [0.25, 0.3) is 5.57 Å². The van der Waals surface area contributed by atoms with Crippen molar-refractivity contribution < 1.29 is 28.5 Å². The summed E-state index contributed by atoms with van der Waals surface area (Å²) in [4.78, 5) is 27.9. The monoisotopic (exact) mass is 440 g/mol. The van der Waals surface area contributed by atoms with Gasteiger partial charge >= 0.3 is 0 Å². The molecule has 2 aromatic carbocycles. The average Bonchev–Trinajstić information content (AvgIpc) is 3.02. The number of rotatable bonds is 10. The van der Waals surface area contributed by atoms with Crippen LogP contribution < -0.4 is 19.5 Å². The molecule has 8 nitrogen and oxygen atoms in total. The molecule has 1 heterocycles. The predicted octanol–water partition coefficient (Wildman–Crippen LogP) is 3.33. The molecular formula is C24H28N2O6. The zero-order valence-corrected chi connectivity index (χ0v) is 18.9. The maximum atomic E-state index is 13.4. The highest BCUT2D eigenvalue weighted by molar-refractivity contribution is 6.37. The summed E-state index contributed by atoms with van der Waals surface area (Å²) in [5.74, 6) is 0.691. The van der Waals surface area contributed by atoms with Gasteiger partial charge < -0.3 is 24.3 Å². The second kappa shape index (κ2) is 10.2. The first-order valence-electron chi connectivity index (χ1n) is 10.3. The lowest BCUT2D eigenvalue weighted by molar-refractivity contribution is -0.137. The molecule has 32 heavy (non-hydrogen) atoms. The molecule has 2 aromatic rings. The smallest absolute Gasteiger partial charge is 0.278 e. The summed E-state index contributed by atoms with van der Waals surface area (Å²) in [6.07, 6.45) is -0.0110. The maximum Gasteiger partial charge on any atom is 0.278 e. The van der Waals surface area contributed by atoms with Gasteiger partial charge in [-0.15, -0.1) is 0 Å². The van der Waals surface area contributed by atoms with Gasteiger partial charge in [0.2, 0.25) is 0 Å². The number of imide groups is 1. The molecule has 8 heteroatoms. The largest absolute Gasteiger partial charge is 0.497 e. The van der Waals surface area contributed by atoms with Crippen LogP contribution in [0, 0.1) is 0 Å². The summed E-state index contributed by atoms with van der Waals surface area (Å²) in [7, 11) is 4.60. The molecule has 1 N–H and O–H groups in total. The summed E-state index contributed by atoms with van der Waals surface area (Å²) < 4.78 is 21.7. The minimum absolute atomic E-state index is 0.0110. The van der Waals surface area contributed by atoms with E-state index in [4.69, 9.17) is 18.9 Å². The van der Waals surface area contributed by atoms with Crippen LogP contribution in [0.5, 0.6) is 17.2 Å². The fraction of sp³-hybridized carbons (Fsp3) is 0.333. The van der Waals surface area contributed by atoms with Crippen molar-refractivity contribution in [2.45, 2.75) is 20.0 Å². The Hall–Kier alpha value is -3.52. The quantitative estimate of drug-likeness (QED) is 0.567. The van der Waals surface area contributed by atoms with Gasteiger partial charge in [-0.1, -0.05) is 18.2 Å². The van der Waals surface area contributed by atoms with Crippen LogP contribution in [-0.4, -0.2) is 57.3 Å². The van der Waals surface area contributed by atoms with Crippen molar-refractivity contribution in [2.24, 2.45) is 0 Å². The van der Waals surface area contributed by atoms with Crippen LogP contribution in [0.4, 0.5) is 5.69 Å². The van der Waals surface area contributed by atoms with Crippen molar-refractivity contribution in [1.29, 1.82) is 0 Å². The second-order valence-electron chi connectivity index (χ2n) is 7.32. The number of hydrogen-bond donors (Lipinski definition) is 1.